The summed E-state index contributed by atoms with van der Waals surface area (Å²) in [5, 5.41) is 8.88. The van der Waals surface area contributed by atoms with Crippen LogP contribution < -0.4 is 10.5 Å². The van der Waals surface area contributed by atoms with Crippen molar-refractivity contribution in [2.24, 2.45) is 5.73 Å². The highest BCUT2D eigenvalue weighted by molar-refractivity contribution is 5.39. The molecule has 0 saturated carbocycles. The van der Waals surface area contributed by atoms with Crippen molar-refractivity contribution in [2.75, 3.05) is 0 Å². The van der Waals surface area contributed by atoms with Gasteiger partial charge in [-0.05, 0) is 31.9 Å². The van der Waals surface area contributed by atoms with Gasteiger partial charge in [0.1, 0.15) is 11.8 Å². The maximum atomic E-state index is 8.88. The van der Waals surface area contributed by atoms with Crippen LogP contribution in [0, 0.1) is 18.3 Å². The van der Waals surface area contributed by atoms with Crippen LogP contribution in [0.3, 0.4) is 0 Å². The van der Waals surface area contributed by atoms with Crippen LogP contribution in [0.15, 0.2) is 18.2 Å². The van der Waals surface area contributed by atoms with E-state index in [-0.39, 0.29) is 6.04 Å². The molecular formula is C13H18N2O. The molecule has 0 amide bonds. The molecule has 0 aliphatic rings. The van der Waals surface area contributed by atoms with Crippen LogP contribution in [0.5, 0.6) is 5.75 Å². The summed E-state index contributed by atoms with van der Waals surface area (Å²) in [4.78, 5) is 0. The number of hydrogen-bond acceptors (Lipinski definition) is 3. The largest absolute Gasteiger partial charge is 0.475 e. The highest BCUT2D eigenvalue weighted by Gasteiger charge is 2.12. The summed E-state index contributed by atoms with van der Waals surface area (Å²) in [5.41, 5.74) is 7.91. The Morgan fingerprint density at radius 1 is 1.50 bits per heavy atom. The summed E-state index contributed by atoms with van der Waals surface area (Å²) in [6, 6.07) is 7.92. The number of nitriles is 1. The summed E-state index contributed by atoms with van der Waals surface area (Å²) in [5.74, 6) is 0.725. The number of benzene rings is 1. The van der Waals surface area contributed by atoms with Gasteiger partial charge >= 0.3 is 0 Å². The molecule has 0 saturated heterocycles. The van der Waals surface area contributed by atoms with Crippen LogP contribution in [0.4, 0.5) is 0 Å². The van der Waals surface area contributed by atoms with E-state index in [1.54, 1.807) is 0 Å². The van der Waals surface area contributed by atoms with Gasteiger partial charge in [-0.15, -0.1) is 0 Å². The lowest BCUT2D eigenvalue weighted by Gasteiger charge is -2.17. The molecule has 2 atom stereocenters. The molecule has 3 heteroatoms. The van der Waals surface area contributed by atoms with E-state index in [9.17, 15) is 0 Å². The van der Waals surface area contributed by atoms with Gasteiger partial charge in [-0.25, -0.2) is 0 Å². The Balaban J connectivity index is 3.01. The Kier molecular flexibility index (Phi) is 4.33. The summed E-state index contributed by atoms with van der Waals surface area (Å²) in [7, 11) is 0. The van der Waals surface area contributed by atoms with Crippen molar-refractivity contribution in [1.82, 2.24) is 0 Å². The lowest BCUT2D eigenvalue weighted by Crippen LogP contribution is -2.15. The second kappa shape index (κ2) is 5.53. The van der Waals surface area contributed by atoms with Gasteiger partial charge in [-0.3, -0.25) is 0 Å². The highest BCUT2D eigenvalue weighted by atomic mass is 16.5. The average Bonchev–Trinajstić information content (AvgIpc) is 2.25. The minimum Gasteiger partial charge on any atom is -0.475 e. The van der Waals surface area contributed by atoms with Crippen molar-refractivity contribution in [2.45, 2.75) is 39.3 Å². The number of hydrogen-bond donors (Lipinski definition) is 1. The zero-order valence-electron chi connectivity index (χ0n) is 10.0. The molecule has 0 bridgehead atoms. The third kappa shape index (κ3) is 2.98. The molecule has 86 valence electrons. The topological polar surface area (TPSA) is 59.0 Å². The van der Waals surface area contributed by atoms with E-state index >= 15 is 0 Å². The molecule has 1 aromatic carbocycles. The van der Waals surface area contributed by atoms with Gasteiger partial charge in [-0.2, -0.15) is 5.26 Å². The van der Waals surface area contributed by atoms with Gasteiger partial charge in [0.2, 0.25) is 0 Å². The normalized spacial score (nSPS) is 13.9. The third-order valence-electron chi connectivity index (χ3n) is 2.44. The lowest BCUT2D eigenvalue weighted by molar-refractivity contribution is 0.248. The quantitative estimate of drug-likeness (QED) is 0.845. The van der Waals surface area contributed by atoms with E-state index in [1.807, 2.05) is 39.0 Å². The predicted octanol–water partition coefficient (Wildman–Crippen LogP) is 2.70. The molecule has 1 rings (SSSR count). The van der Waals surface area contributed by atoms with Crippen molar-refractivity contribution < 1.29 is 4.74 Å². The first kappa shape index (κ1) is 12.5. The molecule has 1 aromatic rings. The van der Waals surface area contributed by atoms with Crippen molar-refractivity contribution in [1.29, 1.82) is 5.26 Å². The molecule has 0 radical (unpaired) electrons. The zero-order valence-corrected chi connectivity index (χ0v) is 10.0. The molecule has 16 heavy (non-hydrogen) atoms. The summed E-state index contributed by atoms with van der Waals surface area (Å²) >= 11 is 0. The van der Waals surface area contributed by atoms with Crippen LogP contribution in [-0.2, 0) is 0 Å². The molecule has 0 aliphatic carbocycles. The molecule has 0 heterocycles. The maximum Gasteiger partial charge on any atom is 0.184 e. The van der Waals surface area contributed by atoms with Gasteiger partial charge in [0.15, 0.2) is 6.10 Å². The smallest absolute Gasteiger partial charge is 0.184 e. The van der Waals surface area contributed by atoms with E-state index in [0.717, 1.165) is 16.9 Å². The van der Waals surface area contributed by atoms with Crippen molar-refractivity contribution in [3.63, 3.8) is 0 Å². The van der Waals surface area contributed by atoms with E-state index < -0.39 is 6.10 Å². The number of nitrogens with zero attached hydrogens (tertiary/aromatic N) is 1. The fourth-order valence-corrected chi connectivity index (χ4v) is 1.47. The number of ether oxygens (including phenoxy) is 1. The fourth-order valence-electron chi connectivity index (χ4n) is 1.47. The van der Waals surface area contributed by atoms with E-state index in [4.69, 9.17) is 15.7 Å². The lowest BCUT2D eigenvalue weighted by atomic mass is 10.1. The van der Waals surface area contributed by atoms with E-state index in [1.165, 1.54) is 0 Å². The minimum atomic E-state index is -0.403. The fraction of sp³-hybridized carbons (Fsp3) is 0.462. The molecule has 3 nitrogen and oxygen atoms in total. The summed E-state index contributed by atoms with van der Waals surface area (Å²) in [6.07, 6.45) is 0.266. The van der Waals surface area contributed by atoms with E-state index in [2.05, 4.69) is 6.07 Å². The second-order valence-electron chi connectivity index (χ2n) is 3.97. The Morgan fingerprint density at radius 2 is 2.19 bits per heavy atom. The van der Waals surface area contributed by atoms with Gasteiger partial charge in [0.25, 0.3) is 0 Å². The molecule has 0 aliphatic heterocycles. The van der Waals surface area contributed by atoms with Gasteiger partial charge < -0.3 is 10.5 Å². The number of aryl methyl sites for hydroxylation is 1. The van der Waals surface area contributed by atoms with Crippen LogP contribution in [0.2, 0.25) is 0 Å². The van der Waals surface area contributed by atoms with Gasteiger partial charge in [0.05, 0.1) is 0 Å². The first-order valence-electron chi connectivity index (χ1n) is 5.50. The zero-order chi connectivity index (χ0) is 12.1. The first-order valence-corrected chi connectivity index (χ1v) is 5.50. The molecule has 0 fully saturated rings. The predicted molar refractivity (Wildman–Crippen MR) is 64.1 cm³/mol. The Bertz CT molecular complexity index is 393. The Morgan fingerprint density at radius 3 is 2.69 bits per heavy atom. The third-order valence-corrected chi connectivity index (χ3v) is 2.44. The van der Waals surface area contributed by atoms with Crippen LogP contribution >= 0.6 is 0 Å². The highest BCUT2D eigenvalue weighted by Crippen LogP contribution is 2.26. The van der Waals surface area contributed by atoms with Gasteiger partial charge in [0, 0.05) is 11.6 Å². The van der Waals surface area contributed by atoms with Crippen molar-refractivity contribution >= 4 is 0 Å². The van der Waals surface area contributed by atoms with Gasteiger partial charge in [-0.1, -0.05) is 19.1 Å². The number of rotatable bonds is 4. The molecule has 0 aromatic heterocycles. The van der Waals surface area contributed by atoms with Crippen LogP contribution in [0.1, 0.15) is 37.4 Å². The van der Waals surface area contributed by atoms with Crippen molar-refractivity contribution in [3.8, 4) is 11.8 Å². The summed E-state index contributed by atoms with van der Waals surface area (Å²) < 4.78 is 5.64. The Labute approximate surface area is 96.8 Å². The number of nitrogens with two attached hydrogens (primary N) is 1. The molecule has 1 unspecified atom stereocenters. The van der Waals surface area contributed by atoms with Crippen molar-refractivity contribution in [3.05, 3.63) is 29.3 Å². The summed E-state index contributed by atoms with van der Waals surface area (Å²) in [6.45, 7) is 5.82. The standard InChI is InChI=1S/C13H18N2O/c1-4-11(8-14)16-13-7-9(2)5-6-12(13)10(3)15/h5-7,10-11H,4,15H2,1-3H3/t10-,11?/m0/s1. The first-order chi connectivity index (χ1) is 7.58. The van der Waals surface area contributed by atoms with Crippen LogP contribution in [-0.4, -0.2) is 6.10 Å². The molecular weight excluding hydrogens is 200 g/mol. The monoisotopic (exact) mass is 218 g/mol. The average molecular weight is 218 g/mol. The van der Waals surface area contributed by atoms with Crippen LogP contribution in [0.25, 0.3) is 0 Å². The second-order valence-corrected chi connectivity index (χ2v) is 3.97. The molecule has 2 N–H and O–H groups in total. The minimum absolute atomic E-state index is 0.0909. The van der Waals surface area contributed by atoms with E-state index in [0.29, 0.717) is 6.42 Å². The maximum absolute atomic E-state index is 8.88. The molecule has 0 spiro atoms. The Hall–Kier alpha value is -1.53. The SMILES string of the molecule is CCC(C#N)Oc1cc(C)ccc1[C@H](C)N.